The normalized spacial score (nSPS) is 19.4. The molecule has 2 heteroatoms. The molecule has 0 saturated heterocycles. The number of likely N-dealkylation sites (N-methyl/N-ethyl adjacent to an activating group) is 1. The second-order valence-electron chi connectivity index (χ2n) is 4.33. The molecule has 0 bridgehead atoms. The Morgan fingerprint density at radius 1 is 1.47 bits per heavy atom. The molecule has 0 radical (unpaired) electrons. The molecule has 0 aromatic heterocycles. The summed E-state index contributed by atoms with van der Waals surface area (Å²) in [5.41, 5.74) is 10.1. The van der Waals surface area contributed by atoms with Crippen molar-refractivity contribution in [1.29, 1.82) is 0 Å². The zero-order chi connectivity index (χ0) is 10.8. The maximum Gasteiger partial charge on any atom is 0.0405 e. The summed E-state index contributed by atoms with van der Waals surface area (Å²) in [6, 6.07) is 6.62. The van der Waals surface area contributed by atoms with Gasteiger partial charge in [0, 0.05) is 24.7 Å². The zero-order valence-corrected chi connectivity index (χ0v) is 9.66. The van der Waals surface area contributed by atoms with E-state index < -0.39 is 0 Å². The van der Waals surface area contributed by atoms with Crippen molar-refractivity contribution in [2.45, 2.75) is 26.2 Å². The second kappa shape index (κ2) is 4.23. The predicted octanol–water partition coefficient (Wildman–Crippen LogP) is 2.13. The van der Waals surface area contributed by atoms with Crippen LogP contribution in [0.1, 0.15) is 30.9 Å². The van der Waals surface area contributed by atoms with Gasteiger partial charge in [0.25, 0.3) is 0 Å². The van der Waals surface area contributed by atoms with Crippen LogP contribution in [0, 0.1) is 0 Å². The molecule has 2 N–H and O–H groups in total. The van der Waals surface area contributed by atoms with Crippen LogP contribution >= 0.6 is 0 Å². The molecule has 1 atom stereocenters. The Morgan fingerprint density at radius 2 is 2.27 bits per heavy atom. The number of fused-ring (bicyclic) bond motifs is 1. The monoisotopic (exact) mass is 204 g/mol. The molecular formula is C13H20N2. The summed E-state index contributed by atoms with van der Waals surface area (Å²) < 4.78 is 0. The van der Waals surface area contributed by atoms with Gasteiger partial charge < -0.3 is 10.6 Å². The van der Waals surface area contributed by atoms with Crippen LogP contribution in [0.2, 0.25) is 0 Å². The quantitative estimate of drug-likeness (QED) is 0.817. The topological polar surface area (TPSA) is 29.3 Å². The van der Waals surface area contributed by atoms with Gasteiger partial charge in [-0.05, 0) is 37.1 Å². The highest BCUT2D eigenvalue weighted by Crippen LogP contribution is 2.38. The lowest BCUT2D eigenvalue weighted by molar-refractivity contribution is 0.755. The molecule has 1 unspecified atom stereocenters. The van der Waals surface area contributed by atoms with Crippen LogP contribution in [0.4, 0.5) is 5.69 Å². The average Bonchev–Trinajstić information content (AvgIpc) is 2.57. The van der Waals surface area contributed by atoms with Crippen molar-refractivity contribution in [3.05, 3.63) is 29.3 Å². The molecule has 15 heavy (non-hydrogen) atoms. The third-order valence-corrected chi connectivity index (χ3v) is 3.30. The molecule has 0 fully saturated rings. The Hall–Kier alpha value is -1.02. The first-order valence-electron chi connectivity index (χ1n) is 5.84. The molecule has 1 aliphatic heterocycles. The van der Waals surface area contributed by atoms with E-state index in [4.69, 9.17) is 5.73 Å². The van der Waals surface area contributed by atoms with Crippen molar-refractivity contribution in [3.8, 4) is 0 Å². The fraction of sp³-hybridized carbons (Fsp3) is 0.538. The number of hydrogen-bond acceptors (Lipinski definition) is 2. The molecule has 0 saturated carbocycles. The van der Waals surface area contributed by atoms with Gasteiger partial charge in [-0.3, -0.25) is 0 Å². The van der Waals surface area contributed by atoms with E-state index in [1.807, 2.05) is 0 Å². The molecule has 0 amide bonds. The molecule has 1 heterocycles. The number of nitrogens with two attached hydrogens (primary N) is 1. The first-order chi connectivity index (χ1) is 7.27. The summed E-state index contributed by atoms with van der Waals surface area (Å²) >= 11 is 0. The highest BCUT2D eigenvalue weighted by Gasteiger charge is 2.26. The fourth-order valence-corrected chi connectivity index (χ4v) is 2.64. The summed E-state index contributed by atoms with van der Waals surface area (Å²) in [6.45, 7) is 7.54. The van der Waals surface area contributed by atoms with Gasteiger partial charge in [0.05, 0.1) is 0 Å². The first-order valence-corrected chi connectivity index (χ1v) is 5.84. The molecule has 0 aliphatic carbocycles. The molecule has 2 nitrogen and oxygen atoms in total. The first kappa shape index (κ1) is 10.5. The summed E-state index contributed by atoms with van der Waals surface area (Å²) in [5.74, 6) is 0.655. The molecule has 0 spiro atoms. The molecule has 2 rings (SSSR count). The number of anilines is 1. The van der Waals surface area contributed by atoms with Crippen LogP contribution in [-0.4, -0.2) is 19.6 Å². The van der Waals surface area contributed by atoms with E-state index in [1.54, 1.807) is 0 Å². The molecule has 1 aliphatic rings. The van der Waals surface area contributed by atoms with Gasteiger partial charge in [-0.15, -0.1) is 0 Å². The summed E-state index contributed by atoms with van der Waals surface area (Å²) in [4.78, 5) is 2.46. The van der Waals surface area contributed by atoms with Gasteiger partial charge >= 0.3 is 0 Å². The highest BCUT2D eigenvalue weighted by molar-refractivity contribution is 5.62. The fourth-order valence-electron chi connectivity index (χ4n) is 2.64. The van der Waals surface area contributed by atoms with Crippen molar-refractivity contribution in [2.75, 3.05) is 24.5 Å². The van der Waals surface area contributed by atoms with Crippen LogP contribution in [0.25, 0.3) is 0 Å². The molecule has 1 aromatic rings. The minimum absolute atomic E-state index is 0.655. The van der Waals surface area contributed by atoms with Gasteiger partial charge in [0.15, 0.2) is 0 Å². The van der Waals surface area contributed by atoms with Crippen LogP contribution in [0.3, 0.4) is 0 Å². The van der Waals surface area contributed by atoms with E-state index in [1.165, 1.54) is 16.8 Å². The third-order valence-electron chi connectivity index (χ3n) is 3.30. The lowest BCUT2D eigenvalue weighted by Gasteiger charge is -2.16. The van der Waals surface area contributed by atoms with Gasteiger partial charge in [0.1, 0.15) is 0 Å². The van der Waals surface area contributed by atoms with E-state index in [0.29, 0.717) is 5.92 Å². The van der Waals surface area contributed by atoms with Crippen molar-refractivity contribution in [2.24, 2.45) is 5.73 Å². The summed E-state index contributed by atoms with van der Waals surface area (Å²) in [6.07, 6.45) is 1.01. The Bertz CT molecular complexity index is 346. The van der Waals surface area contributed by atoms with Crippen molar-refractivity contribution >= 4 is 5.69 Å². The van der Waals surface area contributed by atoms with E-state index in [-0.39, 0.29) is 0 Å². The third kappa shape index (κ3) is 1.74. The maximum atomic E-state index is 5.65. The minimum atomic E-state index is 0.655. The summed E-state index contributed by atoms with van der Waals surface area (Å²) in [5, 5.41) is 0. The Balaban J connectivity index is 2.42. The SMILES string of the molecule is CCN1CC(C)c2c(CCN)cccc21. The zero-order valence-electron chi connectivity index (χ0n) is 9.66. The Labute approximate surface area is 92.1 Å². The second-order valence-corrected chi connectivity index (χ2v) is 4.33. The standard InChI is InChI=1S/C13H20N2/c1-3-15-9-10(2)13-11(7-8-14)5-4-6-12(13)15/h4-6,10H,3,7-9,14H2,1-2H3. The largest absolute Gasteiger partial charge is 0.371 e. The number of rotatable bonds is 3. The van der Waals surface area contributed by atoms with E-state index in [0.717, 1.165) is 26.1 Å². The summed E-state index contributed by atoms with van der Waals surface area (Å²) in [7, 11) is 0. The highest BCUT2D eigenvalue weighted by atomic mass is 15.1. The van der Waals surface area contributed by atoms with Gasteiger partial charge in [-0.1, -0.05) is 19.1 Å². The van der Waals surface area contributed by atoms with Crippen LogP contribution in [-0.2, 0) is 6.42 Å². The van der Waals surface area contributed by atoms with Crippen molar-refractivity contribution < 1.29 is 0 Å². The lowest BCUT2D eigenvalue weighted by Crippen LogP contribution is -2.20. The number of nitrogens with zero attached hydrogens (tertiary/aromatic N) is 1. The maximum absolute atomic E-state index is 5.65. The van der Waals surface area contributed by atoms with Crippen LogP contribution in [0.15, 0.2) is 18.2 Å². The van der Waals surface area contributed by atoms with Gasteiger partial charge in [-0.2, -0.15) is 0 Å². The smallest absolute Gasteiger partial charge is 0.0405 e. The van der Waals surface area contributed by atoms with Crippen molar-refractivity contribution in [1.82, 2.24) is 0 Å². The van der Waals surface area contributed by atoms with Crippen LogP contribution in [0.5, 0.6) is 0 Å². The average molecular weight is 204 g/mol. The van der Waals surface area contributed by atoms with Crippen LogP contribution < -0.4 is 10.6 Å². The van der Waals surface area contributed by atoms with E-state index in [2.05, 4.69) is 36.9 Å². The molecule has 1 aromatic carbocycles. The van der Waals surface area contributed by atoms with E-state index >= 15 is 0 Å². The lowest BCUT2D eigenvalue weighted by atomic mass is 9.95. The van der Waals surface area contributed by atoms with E-state index in [9.17, 15) is 0 Å². The molecular weight excluding hydrogens is 184 g/mol. The predicted molar refractivity (Wildman–Crippen MR) is 65.5 cm³/mol. The van der Waals surface area contributed by atoms with Gasteiger partial charge in [0.2, 0.25) is 0 Å². The Morgan fingerprint density at radius 3 is 2.93 bits per heavy atom. The Kier molecular flexibility index (Phi) is 2.96. The number of hydrogen-bond donors (Lipinski definition) is 1. The van der Waals surface area contributed by atoms with Crippen molar-refractivity contribution in [3.63, 3.8) is 0 Å². The number of benzene rings is 1. The minimum Gasteiger partial charge on any atom is -0.371 e. The molecule has 82 valence electrons. The van der Waals surface area contributed by atoms with Gasteiger partial charge in [-0.25, -0.2) is 0 Å².